The third-order valence-corrected chi connectivity index (χ3v) is 2.94. The predicted octanol–water partition coefficient (Wildman–Crippen LogP) is -0.717. The molecule has 1 aliphatic rings. The SMILES string of the molecule is COC(=O)C(C)CN1CCC(N)(C(=O)O)C1. The van der Waals surface area contributed by atoms with E-state index in [0.717, 1.165) is 0 Å². The van der Waals surface area contributed by atoms with Crippen molar-refractivity contribution in [1.82, 2.24) is 4.90 Å². The maximum absolute atomic E-state index is 11.2. The summed E-state index contributed by atoms with van der Waals surface area (Å²) >= 11 is 0. The van der Waals surface area contributed by atoms with E-state index in [1.54, 1.807) is 6.92 Å². The van der Waals surface area contributed by atoms with E-state index in [9.17, 15) is 9.59 Å². The van der Waals surface area contributed by atoms with Crippen LogP contribution in [0.3, 0.4) is 0 Å². The van der Waals surface area contributed by atoms with Crippen LogP contribution in [0.15, 0.2) is 0 Å². The molecule has 1 aliphatic heterocycles. The lowest BCUT2D eigenvalue weighted by atomic mass is 10.0. The number of likely N-dealkylation sites (tertiary alicyclic amines) is 1. The van der Waals surface area contributed by atoms with Crippen LogP contribution in [0.4, 0.5) is 0 Å². The second-order valence-corrected chi connectivity index (χ2v) is 4.37. The lowest BCUT2D eigenvalue weighted by molar-refractivity contribution is -0.145. The lowest BCUT2D eigenvalue weighted by Gasteiger charge is -2.21. The van der Waals surface area contributed by atoms with Crippen molar-refractivity contribution < 1.29 is 19.4 Å². The summed E-state index contributed by atoms with van der Waals surface area (Å²) in [5.41, 5.74) is 4.55. The number of aliphatic carboxylic acids is 1. The molecule has 0 aromatic heterocycles. The van der Waals surface area contributed by atoms with Gasteiger partial charge in [-0.05, 0) is 6.42 Å². The van der Waals surface area contributed by atoms with E-state index >= 15 is 0 Å². The van der Waals surface area contributed by atoms with E-state index in [-0.39, 0.29) is 18.4 Å². The van der Waals surface area contributed by atoms with E-state index in [0.29, 0.717) is 19.5 Å². The van der Waals surface area contributed by atoms with Gasteiger partial charge in [-0.15, -0.1) is 0 Å². The van der Waals surface area contributed by atoms with Crippen molar-refractivity contribution in [2.45, 2.75) is 18.9 Å². The van der Waals surface area contributed by atoms with Gasteiger partial charge in [0.1, 0.15) is 5.54 Å². The van der Waals surface area contributed by atoms with Crippen molar-refractivity contribution in [1.29, 1.82) is 0 Å². The topological polar surface area (TPSA) is 92.9 Å². The standard InChI is InChI=1S/C10H18N2O4/c1-7(8(13)16-2)5-12-4-3-10(11,6-12)9(14)15/h7H,3-6,11H2,1-2H3,(H,14,15). The Balaban J connectivity index is 2.48. The van der Waals surface area contributed by atoms with Gasteiger partial charge >= 0.3 is 11.9 Å². The molecule has 1 saturated heterocycles. The third kappa shape index (κ3) is 2.70. The van der Waals surface area contributed by atoms with E-state index in [1.165, 1.54) is 7.11 Å². The second-order valence-electron chi connectivity index (χ2n) is 4.37. The summed E-state index contributed by atoms with van der Waals surface area (Å²) in [5.74, 6) is -1.54. The number of esters is 1. The van der Waals surface area contributed by atoms with Crippen molar-refractivity contribution in [3.63, 3.8) is 0 Å². The minimum atomic E-state index is -1.17. The van der Waals surface area contributed by atoms with Gasteiger partial charge in [-0.2, -0.15) is 0 Å². The fourth-order valence-electron chi connectivity index (χ4n) is 1.91. The molecule has 0 aliphatic carbocycles. The minimum absolute atomic E-state index is 0.263. The maximum atomic E-state index is 11.2. The highest BCUT2D eigenvalue weighted by atomic mass is 16.5. The monoisotopic (exact) mass is 230 g/mol. The molecule has 2 atom stereocenters. The molecule has 6 heteroatoms. The molecule has 92 valence electrons. The average molecular weight is 230 g/mol. The van der Waals surface area contributed by atoms with Crippen LogP contribution in [0.2, 0.25) is 0 Å². The Hall–Kier alpha value is -1.14. The number of hydrogen-bond donors (Lipinski definition) is 2. The van der Waals surface area contributed by atoms with Gasteiger partial charge < -0.3 is 15.6 Å². The summed E-state index contributed by atoms with van der Waals surface area (Å²) in [6.45, 7) is 3.12. The molecule has 0 bridgehead atoms. The number of nitrogens with two attached hydrogens (primary N) is 1. The molecule has 6 nitrogen and oxygen atoms in total. The van der Waals surface area contributed by atoms with Gasteiger partial charge in [0.15, 0.2) is 0 Å². The van der Waals surface area contributed by atoms with Gasteiger partial charge in [0.05, 0.1) is 13.0 Å². The quantitative estimate of drug-likeness (QED) is 0.619. The molecule has 1 fully saturated rings. The second kappa shape index (κ2) is 4.80. The molecular formula is C10H18N2O4. The summed E-state index contributed by atoms with van der Waals surface area (Å²) in [4.78, 5) is 24.0. The number of methoxy groups -OCH3 is 1. The van der Waals surface area contributed by atoms with Gasteiger partial charge in [0.25, 0.3) is 0 Å². The highest BCUT2D eigenvalue weighted by Crippen LogP contribution is 2.20. The zero-order chi connectivity index (χ0) is 12.3. The van der Waals surface area contributed by atoms with Crippen molar-refractivity contribution in [3.05, 3.63) is 0 Å². The minimum Gasteiger partial charge on any atom is -0.480 e. The van der Waals surface area contributed by atoms with Crippen LogP contribution in [0.25, 0.3) is 0 Å². The fraction of sp³-hybridized carbons (Fsp3) is 0.800. The molecule has 3 N–H and O–H groups in total. The molecule has 2 unspecified atom stereocenters. The smallest absolute Gasteiger partial charge is 0.325 e. The first-order valence-electron chi connectivity index (χ1n) is 5.21. The fourth-order valence-corrected chi connectivity index (χ4v) is 1.91. The Labute approximate surface area is 94.3 Å². The Bertz CT molecular complexity index is 295. The number of ether oxygens (including phenoxy) is 1. The Kier molecular flexibility index (Phi) is 3.88. The van der Waals surface area contributed by atoms with Crippen LogP contribution >= 0.6 is 0 Å². The highest BCUT2D eigenvalue weighted by molar-refractivity contribution is 5.79. The number of carbonyl (C=O) groups excluding carboxylic acids is 1. The zero-order valence-corrected chi connectivity index (χ0v) is 9.60. The Morgan fingerprint density at radius 3 is 2.69 bits per heavy atom. The Morgan fingerprint density at radius 1 is 1.62 bits per heavy atom. The first kappa shape index (κ1) is 12.9. The molecule has 0 radical (unpaired) electrons. The van der Waals surface area contributed by atoms with Crippen LogP contribution in [0, 0.1) is 5.92 Å². The van der Waals surface area contributed by atoms with Gasteiger partial charge in [0, 0.05) is 19.6 Å². The van der Waals surface area contributed by atoms with E-state index < -0.39 is 11.5 Å². The molecular weight excluding hydrogens is 212 g/mol. The lowest BCUT2D eigenvalue weighted by Crippen LogP contribution is -2.50. The number of carboxylic acid groups (broad SMARTS) is 1. The number of hydrogen-bond acceptors (Lipinski definition) is 5. The average Bonchev–Trinajstić information content (AvgIpc) is 2.60. The number of rotatable bonds is 4. The number of nitrogens with zero attached hydrogens (tertiary/aromatic N) is 1. The van der Waals surface area contributed by atoms with Gasteiger partial charge in [-0.1, -0.05) is 6.92 Å². The number of carboxylic acids is 1. The van der Waals surface area contributed by atoms with E-state index in [2.05, 4.69) is 4.74 Å². The summed E-state index contributed by atoms with van der Waals surface area (Å²) in [5, 5.41) is 8.94. The first-order chi connectivity index (χ1) is 7.39. The molecule has 16 heavy (non-hydrogen) atoms. The summed E-state index contributed by atoms with van der Waals surface area (Å²) < 4.78 is 4.61. The molecule has 1 heterocycles. The van der Waals surface area contributed by atoms with Crippen LogP contribution in [-0.4, -0.2) is 54.2 Å². The largest absolute Gasteiger partial charge is 0.480 e. The first-order valence-corrected chi connectivity index (χ1v) is 5.21. The van der Waals surface area contributed by atoms with Crippen molar-refractivity contribution >= 4 is 11.9 Å². The molecule has 0 aromatic carbocycles. The summed E-state index contributed by atoms with van der Waals surface area (Å²) in [6.07, 6.45) is 0.413. The van der Waals surface area contributed by atoms with Crippen LogP contribution in [-0.2, 0) is 14.3 Å². The van der Waals surface area contributed by atoms with Crippen LogP contribution in [0.5, 0.6) is 0 Å². The van der Waals surface area contributed by atoms with Crippen LogP contribution < -0.4 is 5.73 Å². The van der Waals surface area contributed by atoms with Gasteiger partial charge in [-0.25, -0.2) is 0 Å². The van der Waals surface area contributed by atoms with Crippen LogP contribution in [0.1, 0.15) is 13.3 Å². The highest BCUT2D eigenvalue weighted by Gasteiger charge is 2.41. The molecule has 0 spiro atoms. The van der Waals surface area contributed by atoms with Crippen molar-refractivity contribution in [3.8, 4) is 0 Å². The third-order valence-electron chi connectivity index (χ3n) is 2.94. The predicted molar refractivity (Wildman–Crippen MR) is 56.8 cm³/mol. The molecule has 0 aromatic rings. The molecule has 0 saturated carbocycles. The summed E-state index contributed by atoms with van der Waals surface area (Å²) in [7, 11) is 1.34. The van der Waals surface area contributed by atoms with E-state index in [1.807, 2.05) is 4.90 Å². The molecule has 1 rings (SSSR count). The van der Waals surface area contributed by atoms with Crippen molar-refractivity contribution in [2.24, 2.45) is 11.7 Å². The maximum Gasteiger partial charge on any atom is 0.325 e. The normalized spacial score (nSPS) is 27.7. The van der Waals surface area contributed by atoms with E-state index in [4.69, 9.17) is 10.8 Å². The van der Waals surface area contributed by atoms with Gasteiger partial charge in [-0.3, -0.25) is 14.5 Å². The summed E-state index contributed by atoms with van der Waals surface area (Å²) in [6, 6.07) is 0. The molecule has 0 amide bonds. The zero-order valence-electron chi connectivity index (χ0n) is 9.60. The van der Waals surface area contributed by atoms with Gasteiger partial charge in [0.2, 0.25) is 0 Å². The Morgan fingerprint density at radius 2 is 2.25 bits per heavy atom. The number of carbonyl (C=O) groups is 2. The van der Waals surface area contributed by atoms with Crippen molar-refractivity contribution in [2.75, 3.05) is 26.7 Å².